The summed E-state index contributed by atoms with van der Waals surface area (Å²) in [5.74, 6) is 0.0391. The monoisotopic (exact) mass is 328 g/mol. The van der Waals surface area contributed by atoms with Crippen LogP contribution in [0.1, 0.15) is 36.2 Å². The average molecular weight is 328 g/mol. The van der Waals surface area contributed by atoms with Gasteiger partial charge in [-0.15, -0.1) is 0 Å². The number of rotatable bonds is 5. The van der Waals surface area contributed by atoms with E-state index in [1.165, 1.54) is 0 Å². The molecule has 4 rings (SSSR count). The normalized spacial score (nSPS) is 23.8. The second-order valence-corrected chi connectivity index (χ2v) is 6.75. The predicted octanol–water partition coefficient (Wildman–Crippen LogP) is 2.97. The highest BCUT2D eigenvalue weighted by Crippen LogP contribution is 2.21. The maximum atomic E-state index is 13.1. The number of hydrogen-bond donors (Lipinski definition) is 1. The van der Waals surface area contributed by atoms with Crippen LogP contribution in [0.3, 0.4) is 0 Å². The van der Waals surface area contributed by atoms with Gasteiger partial charge in [-0.05, 0) is 37.8 Å². The minimum atomic E-state index is 0.0391. The summed E-state index contributed by atoms with van der Waals surface area (Å²) >= 11 is 0. The van der Waals surface area contributed by atoms with Crippen molar-refractivity contribution in [2.24, 2.45) is 0 Å². The number of para-hydroxylation sites is 1. The first-order chi connectivity index (χ1) is 11.8. The molecule has 2 aliphatic heterocycles. The number of carbonyl (C=O) groups excluding carboxylic acids is 1. The van der Waals surface area contributed by atoms with Crippen molar-refractivity contribution in [2.45, 2.75) is 37.9 Å². The third-order valence-electron chi connectivity index (χ3n) is 4.94. The zero-order chi connectivity index (χ0) is 16.4. The number of H-pyrrole nitrogens is 1. The van der Waals surface area contributed by atoms with Crippen molar-refractivity contribution in [2.75, 3.05) is 26.3 Å². The zero-order valence-corrected chi connectivity index (χ0v) is 13.9. The van der Waals surface area contributed by atoms with E-state index < -0.39 is 0 Å². The van der Waals surface area contributed by atoms with Gasteiger partial charge in [-0.25, -0.2) is 0 Å². The molecule has 2 unspecified atom stereocenters. The number of benzene rings is 1. The van der Waals surface area contributed by atoms with Crippen molar-refractivity contribution in [1.82, 2.24) is 9.88 Å². The molecule has 0 aliphatic carbocycles. The standard InChI is InChI=1S/C19H24N2O3/c22-19(18-11-14-5-1-2-8-17(14)20-18)21(12-15-6-3-9-23-15)13-16-7-4-10-24-16/h1-2,5,8,11,15-16,20H,3-4,6-7,9-10,12-13H2. The van der Waals surface area contributed by atoms with Crippen LogP contribution in [0.25, 0.3) is 10.9 Å². The van der Waals surface area contributed by atoms with Crippen LogP contribution in [0.4, 0.5) is 0 Å². The number of nitrogens with zero attached hydrogens (tertiary/aromatic N) is 1. The summed E-state index contributed by atoms with van der Waals surface area (Å²) in [7, 11) is 0. The van der Waals surface area contributed by atoms with Gasteiger partial charge in [0.1, 0.15) is 5.69 Å². The second kappa shape index (κ2) is 6.95. The minimum Gasteiger partial charge on any atom is -0.376 e. The Labute approximate surface area is 141 Å². The molecule has 2 aromatic rings. The first-order valence-electron chi connectivity index (χ1n) is 8.90. The molecule has 0 radical (unpaired) electrons. The molecule has 2 aliphatic rings. The Morgan fingerprint density at radius 1 is 1.08 bits per heavy atom. The Morgan fingerprint density at radius 3 is 2.33 bits per heavy atom. The molecular formula is C19H24N2O3. The molecule has 128 valence electrons. The predicted molar refractivity (Wildman–Crippen MR) is 92.2 cm³/mol. The molecule has 0 spiro atoms. The molecule has 2 saturated heterocycles. The van der Waals surface area contributed by atoms with E-state index in [4.69, 9.17) is 9.47 Å². The van der Waals surface area contributed by atoms with Crippen molar-refractivity contribution in [1.29, 1.82) is 0 Å². The van der Waals surface area contributed by atoms with Crippen LogP contribution < -0.4 is 0 Å². The average Bonchev–Trinajstić information content (AvgIpc) is 3.34. The number of ether oxygens (including phenoxy) is 2. The summed E-state index contributed by atoms with van der Waals surface area (Å²) in [4.78, 5) is 18.2. The third-order valence-corrected chi connectivity index (χ3v) is 4.94. The molecule has 3 heterocycles. The molecule has 2 atom stereocenters. The fraction of sp³-hybridized carbons (Fsp3) is 0.526. The highest BCUT2D eigenvalue weighted by molar-refractivity contribution is 5.98. The zero-order valence-electron chi connectivity index (χ0n) is 13.9. The smallest absolute Gasteiger partial charge is 0.270 e. The van der Waals surface area contributed by atoms with Crippen molar-refractivity contribution < 1.29 is 14.3 Å². The lowest BCUT2D eigenvalue weighted by atomic mass is 10.2. The number of fused-ring (bicyclic) bond motifs is 1. The van der Waals surface area contributed by atoms with Crippen LogP contribution in [0, 0.1) is 0 Å². The van der Waals surface area contributed by atoms with Gasteiger partial charge in [0.25, 0.3) is 5.91 Å². The first-order valence-corrected chi connectivity index (χ1v) is 8.90. The number of aromatic amines is 1. The fourth-order valence-corrected chi connectivity index (χ4v) is 3.67. The Balaban J connectivity index is 1.54. The van der Waals surface area contributed by atoms with E-state index >= 15 is 0 Å². The van der Waals surface area contributed by atoms with Gasteiger partial charge in [-0.1, -0.05) is 18.2 Å². The Hall–Kier alpha value is -1.85. The lowest BCUT2D eigenvalue weighted by Crippen LogP contribution is -2.42. The van der Waals surface area contributed by atoms with Gasteiger partial charge < -0.3 is 19.4 Å². The summed E-state index contributed by atoms with van der Waals surface area (Å²) in [6.45, 7) is 2.90. The number of aromatic nitrogens is 1. The van der Waals surface area contributed by atoms with E-state index in [0.717, 1.165) is 49.8 Å². The number of nitrogens with one attached hydrogen (secondary N) is 1. The SMILES string of the molecule is O=C(c1cc2ccccc2[nH]1)N(CC1CCCO1)CC1CCCO1. The van der Waals surface area contributed by atoms with Crippen LogP contribution in [-0.4, -0.2) is 54.3 Å². The van der Waals surface area contributed by atoms with Crippen molar-refractivity contribution in [3.05, 3.63) is 36.0 Å². The Kier molecular flexibility index (Phi) is 4.54. The molecular weight excluding hydrogens is 304 g/mol. The van der Waals surface area contributed by atoms with Gasteiger partial charge in [-0.3, -0.25) is 4.79 Å². The van der Waals surface area contributed by atoms with Gasteiger partial charge >= 0.3 is 0 Å². The van der Waals surface area contributed by atoms with Gasteiger partial charge in [0.15, 0.2) is 0 Å². The van der Waals surface area contributed by atoms with E-state index in [1.54, 1.807) is 0 Å². The lowest BCUT2D eigenvalue weighted by Gasteiger charge is -2.27. The van der Waals surface area contributed by atoms with Crippen LogP contribution >= 0.6 is 0 Å². The molecule has 5 nitrogen and oxygen atoms in total. The van der Waals surface area contributed by atoms with Gasteiger partial charge in [0, 0.05) is 37.2 Å². The summed E-state index contributed by atoms with van der Waals surface area (Å²) in [6.07, 6.45) is 4.53. The van der Waals surface area contributed by atoms with E-state index in [0.29, 0.717) is 18.8 Å². The summed E-state index contributed by atoms with van der Waals surface area (Å²) in [6, 6.07) is 9.92. The van der Waals surface area contributed by atoms with Gasteiger partial charge in [0.2, 0.25) is 0 Å². The molecule has 2 fully saturated rings. The highest BCUT2D eigenvalue weighted by atomic mass is 16.5. The molecule has 1 amide bonds. The third kappa shape index (κ3) is 3.32. The Bertz CT molecular complexity index is 648. The van der Waals surface area contributed by atoms with E-state index in [-0.39, 0.29) is 18.1 Å². The van der Waals surface area contributed by atoms with Crippen molar-refractivity contribution in [3.63, 3.8) is 0 Å². The van der Waals surface area contributed by atoms with Crippen molar-refractivity contribution >= 4 is 16.8 Å². The number of carbonyl (C=O) groups is 1. The molecule has 0 bridgehead atoms. The molecule has 5 heteroatoms. The van der Waals surface area contributed by atoms with E-state index in [9.17, 15) is 4.79 Å². The van der Waals surface area contributed by atoms with Gasteiger partial charge in [-0.2, -0.15) is 0 Å². The topological polar surface area (TPSA) is 54.6 Å². The van der Waals surface area contributed by atoms with E-state index in [2.05, 4.69) is 4.98 Å². The molecule has 1 N–H and O–H groups in total. The molecule has 1 aromatic carbocycles. The highest BCUT2D eigenvalue weighted by Gasteiger charge is 2.28. The maximum Gasteiger partial charge on any atom is 0.270 e. The molecule has 1 aromatic heterocycles. The first kappa shape index (κ1) is 15.7. The van der Waals surface area contributed by atoms with E-state index in [1.807, 2.05) is 35.2 Å². The van der Waals surface area contributed by atoms with Crippen LogP contribution in [0.15, 0.2) is 30.3 Å². The second-order valence-electron chi connectivity index (χ2n) is 6.75. The quantitative estimate of drug-likeness (QED) is 0.918. The van der Waals surface area contributed by atoms with Crippen LogP contribution in [-0.2, 0) is 9.47 Å². The maximum absolute atomic E-state index is 13.1. The fourth-order valence-electron chi connectivity index (χ4n) is 3.67. The van der Waals surface area contributed by atoms with Crippen molar-refractivity contribution in [3.8, 4) is 0 Å². The van der Waals surface area contributed by atoms with Crippen LogP contribution in [0.2, 0.25) is 0 Å². The molecule has 24 heavy (non-hydrogen) atoms. The summed E-state index contributed by atoms with van der Waals surface area (Å²) < 4.78 is 11.5. The summed E-state index contributed by atoms with van der Waals surface area (Å²) in [5.41, 5.74) is 1.64. The van der Waals surface area contributed by atoms with Gasteiger partial charge in [0.05, 0.1) is 12.2 Å². The number of hydrogen-bond acceptors (Lipinski definition) is 3. The largest absolute Gasteiger partial charge is 0.376 e. The molecule has 0 saturated carbocycles. The minimum absolute atomic E-state index is 0.0391. The lowest BCUT2D eigenvalue weighted by molar-refractivity contribution is 0.0305. The Morgan fingerprint density at radius 2 is 1.75 bits per heavy atom. The summed E-state index contributed by atoms with van der Waals surface area (Å²) in [5, 5.41) is 1.06. The van der Waals surface area contributed by atoms with Crippen LogP contribution in [0.5, 0.6) is 0 Å². The number of amides is 1.